The third-order valence-corrected chi connectivity index (χ3v) is 5.14. The van der Waals surface area contributed by atoms with Crippen molar-refractivity contribution in [2.24, 2.45) is 0 Å². The fraction of sp³-hybridized carbons (Fsp3) is 0.533. The van der Waals surface area contributed by atoms with Crippen LogP contribution in [0.1, 0.15) is 12.0 Å². The largest absolute Gasteiger partial charge is 0.464 e. The van der Waals surface area contributed by atoms with Gasteiger partial charge in [-0.1, -0.05) is 30.3 Å². The van der Waals surface area contributed by atoms with E-state index in [1.54, 1.807) is 14.2 Å². The van der Waals surface area contributed by atoms with Gasteiger partial charge < -0.3 is 19.2 Å². The Balaban J connectivity index is 2.61. The molecule has 0 amide bonds. The molecule has 0 heterocycles. The Kier molecular flexibility index (Phi) is 10.1. The Morgan fingerprint density at radius 2 is 1.95 bits per heavy atom. The van der Waals surface area contributed by atoms with E-state index in [1.165, 1.54) is 0 Å². The highest BCUT2D eigenvalue weighted by Gasteiger charge is 2.21. The molecule has 0 aliphatic rings. The Morgan fingerprint density at radius 3 is 2.55 bits per heavy atom. The lowest BCUT2D eigenvalue weighted by atomic mass is 10.1. The zero-order valence-corrected chi connectivity index (χ0v) is 15.3. The van der Waals surface area contributed by atoms with Crippen molar-refractivity contribution >= 4 is 27.3 Å². The van der Waals surface area contributed by atoms with Crippen LogP contribution >= 0.6 is 11.6 Å². The van der Waals surface area contributed by atoms with Gasteiger partial charge in [-0.15, -0.1) is 11.6 Å². The van der Waals surface area contributed by atoms with Gasteiger partial charge in [0.1, 0.15) is 12.0 Å². The summed E-state index contributed by atoms with van der Waals surface area (Å²) in [7, 11) is 2.25. The smallest absolute Gasteiger partial charge is 0.322 e. The second kappa shape index (κ2) is 11.6. The standard InChI is InChI=1S/C15H24ClNO4Si/c1-19-15(20-2)22-17-13(14(18)21-10-6-9-16)11-12-7-4-3-5-8-12/h3-5,7-8,13,15,17H,6,9-11,22H2,1-2H3/t13-/m0/s1. The number of methoxy groups -OCH3 is 2. The molecule has 5 nitrogen and oxygen atoms in total. The minimum absolute atomic E-state index is 0.257. The molecule has 0 spiro atoms. The monoisotopic (exact) mass is 345 g/mol. The molecule has 1 aromatic carbocycles. The molecule has 0 aromatic heterocycles. The molecule has 0 aliphatic carbocycles. The van der Waals surface area contributed by atoms with Crippen molar-refractivity contribution in [2.45, 2.75) is 24.8 Å². The quantitative estimate of drug-likeness (QED) is 0.213. The van der Waals surface area contributed by atoms with Crippen molar-refractivity contribution in [3.8, 4) is 0 Å². The van der Waals surface area contributed by atoms with Gasteiger partial charge in [0.05, 0.1) is 6.61 Å². The Morgan fingerprint density at radius 1 is 1.27 bits per heavy atom. The van der Waals surface area contributed by atoms with Crippen molar-refractivity contribution in [3.63, 3.8) is 0 Å². The first-order valence-electron chi connectivity index (χ1n) is 7.26. The number of benzene rings is 1. The van der Waals surface area contributed by atoms with Gasteiger partial charge in [-0.2, -0.15) is 0 Å². The molecule has 7 heteroatoms. The predicted molar refractivity (Wildman–Crippen MR) is 89.7 cm³/mol. The zero-order valence-electron chi connectivity index (χ0n) is 13.1. The third kappa shape index (κ3) is 7.37. The average molecular weight is 346 g/mol. The highest BCUT2D eigenvalue weighted by Crippen LogP contribution is 2.05. The highest BCUT2D eigenvalue weighted by molar-refractivity contribution is 6.34. The van der Waals surface area contributed by atoms with Crippen LogP contribution in [-0.2, 0) is 25.4 Å². The number of esters is 1. The Hall–Kier alpha value is -0.923. The first-order valence-corrected chi connectivity index (χ1v) is 9.32. The number of carbonyl (C=O) groups excluding carboxylic acids is 1. The number of rotatable bonds is 11. The van der Waals surface area contributed by atoms with Gasteiger partial charge in [0.15, 0.2) is 9.68 Å². The predicted octanol–water partition coefficient (Wildman–Crippen LogP) is 1.02. The molecule has 0 fully saturated rings. The summed E-state index contributed by atoms with van der Waals surface area (Å²) in [6.45, 7) is 0.342. The number of nitrogens with one attached hydrogen (secondary N) is 1. The molecule has 0 radical (unpaired) electrons. The molecule has 0 aliphatic heterocycles. The van der Waals surface area contributed by atoms with Crippen molar-refractivity contribution in [1.29, 1.82) is 0 Å². The van der Waals surface area contributed by atoms with E-state index in [0.717, 1.165) is 5.56 Å². The molecule has 0 saturated heterocycles. The number of alkyl halides is 1. The number of hydrogen-bond donors (Lipinski definition) is 1. The molecule has 1 N–H and O–H groups in total. The van der Waals surface area contributed by atoms with Gasteiger partial charge in [-0.3, -0.25) is 4.79 Å². The first kappa shape index (κ1) is 19.1. The first-order chi connectivity index (χ1) is 10.7. The minimum Gasteiger partial charge on any atom is -0.464 e. The molecule has 1 rings (SSSR count). The molecule has 1 atom stereocenters. The summed E-state index contributed by atoms with van der Waals surface area (Å²) in [6, 6.07) is 9.45. The molecule has 22 heavy (non-hydrogen) atoms. The van der Waals surface area contributed by atoms with E-state index in [2.05, 4.69) is 4.98 Å². The number of ether oxygens (including phenoxy) is 3. The van der Waals surface area contributed by atoms with E-state index >= 15 is 0 Å². The molecule has 0 saturated carbocycles. The second-order valence-corrected chi connectivity index (χ2v) is 6.62. The number of halogens is 1. The summed E-state index contributed by atoms with van der Waals surface area (Å²) < 4.78 is 15.6. The van der Waals surface area contributed by atoms with Crippen molar-refractivity contribution in [1.82, 2.24) is 4.98 Å². The Bertz CT molecular complexity index is 417. The van der Waals surface area contributed by atoms with E-state index < -0.39 is 15.7 Å². The SMILES string of the molecule is COC(OC)[SiH2]N[C@@H](Cc1ccccc1)C(=O)OCCCCl. The zero-order chi connectivity index (χ0) is 16.2. The molecular formula is C15H24ClNO4Si. The molecule has 0 bridgehead atoms. The summed E-state index contributed by atoms with van der Waals surface area (Å²) in [4.78, 5) is 15.5. The number of hydrogen-bond acceptors (Lipinski definition) is 5. The van der Waals surface area contributed by atoms with Crippen molar-refractivity contribution in [2.75, 3.05) is 26.7 Å². The van der Waals surface area contributed by atoms with Gasteiger partial charge in [0.25, 0.3) is 0 Å². The van der Waals surface area contributed by atoms with Crippen LogP contribution in [0, 0.1) is 0 Å². The lowest BCUT2D eigenvalue weighted by Crippen LogP contribution is -2.46. The normalized spacial score (nSPS) is 12.9. The highest BCUT2D eigenvalue weighted by atomic mass is 35.5. The second-order valence-electron chi connectivity index (χ2n) is 4.76. The lowest BCUT2D eigenvalue weighted by Gasteiger charge is -2.20. The van der Waals surface area contributed by atoms with E-state index in [9.17, 15) is 4.79 Å². The maximum absolute atomic E-state index is 12.2. The lowest BCUT2D eigenvalue weighted by molar-refractivity contribution is -0.145. The van der Waals surface area contributed by atoms with E-state index in [-0.39, 0.29) is 11.9 Å². The van der Waals surface area contributed by atoms with Crippen LogP contribution in [0.3, 0.4) is 0 Å². The van der Waals surface area contributed by atoms with E-state index in [0.29, 0.717) is 25.3 Å². The summed E-state index contributed by atoms with van der Waals surface area (Å²) in [6.07, 6.45) is 1.23. The van der Waals surface area contributed by atoms with E-state index in [1.807, 2.05) is 30.3 Å². The Labute approximate surface area is 139 Å². The minimum atomic E-state index is -0.931. The maximum Gasteiger partial charge on any atom is 0.322 e. The summed E-state index contributed by atoms with van der Waals surface area (Å²) >= 11 is 5.60. The molecule has 1 aromatic rings. The van der Waals surface area contributed by atoms with Crippen LogP contribution in [0.4, 0.5) is 0 Å². The van der Waals surface area contributed by atoms with Crippen LogP contribution in [-0.4, -0.2) is 54.3 Å². The number of carbonyl (C=O) groups is 1. The van der Waals surface area contributed by atoms with Gasteiger partial charge in [0.2, 0.25) is 0 Å². The van der Waals surface area contributed by atoms with Gasteiger partial charge in [-0.25, -0.2) is 0 Å². The fourth-order valence-electron chi connectivity index (χ4n) is 1.92. The topological polar surface area (TPSA) is 56.8 Å². The van der Waals surface area contributed by atoms with Crippen LogP contribution < -0.4 is 4.98 Å². The van der Waals surface area contributed by atoms with Crippen molar-refractivity contribution in [3.05, 3.63) is 35.9 Å². The van der Waals surface area contributed by atoms with Gasteiger partial charge in [0, 0.05) is 20.1 Å². The van der Waals surface area contributed by atoms with Crippen LogP contribution in [0.5, 0.6) is 0 Å². The third-order valence-electron chi connectivity index (χ3n) is 3.15. The van der Waals surface area contributed by atoms with Crippen LogP contribution in [0.15, 0.2) is 30.3 Å². The van der Waals surface area contributed by atoms with Crippen molar-refractivity contribution < 1.29 is 19.0 Å². The fourth-order valence-corrected chi connectivity index (χ4v) is 3.15. The van der Waals surface area contributed by atoms with E-state index in [4.69, 9.17) is 25.8 Å². The van der Waals surface area contributed by atoms with Crippen LogP contribution in [0.2, 0.25) is 0 Å². The summed E-state index contributed by atoms with van der Waals surface area (Å²) in [5.74, 6) is -0.0461. The van der Waals surface area contributed by atoms with Crippen LogP contribution in [0.25, 0.3) is 0 Å². The van der Waals surface area contributed by atoms with Gasteiger partial charge >= 0.3 is 5.97 Å². The molecular weight excluding hydrogens is 322 g/mol. The molecule has 0 unspecified atom stereocenters. The molecule has 124 valence electrons. The summed E-state index contributed by atoms with van der Waals surface area (Å²) in [5.41, 5.74) is 1.08. The summed E-state index contributed by atoms with van der Waals surface area (Å²) in [5, 5.41) is 0. The van der Waals surface area contributed by atoms with Gasteiger partial charge in [-0.05, 0) is 18.4 Å². The average Bonchev–Trinajstić information content (AvgIpc) is 2.55. The maximum atomic E-state index is 12.2.